The molecule has 1 saturated carbocycles. The minimum atomic E-state index is -0.263. The van der Waals surface area contributed by atoms with Crippen molar-refractivity contribution < 1.29 is 9.53 Å². The average molecular weight is 210 g/mol. The third-order valence-electron chi connectivity index (χ3n) is 3.38. The van der Waals surface area contributed by atoms with Gasteiger partial charge in [-0.1, -0.05) is 33.3 Å². The van der Waals surface area contributed by atoms with Gasteiger partial charge in [-0.3, -0.25) is 0 Å². The first kappa shape index (κ1) is 12.3. The first-order valence-electron chi connectivity index (χ1n) is 5.76. The molecule has 2 heteroatoms. The molecule has 0 unspecified atom stereocenters. The van der Waals surface area contributed by atoms with E-state index in [2.05, 4.69) is 20.4 Å². The molecule has 1 rings (SSSR count). The molecule has 0 amide bonds. The zero-order valence-electron chi connectivity index (χ0n) is 10.1. The summed E-state index contributed by atoms with van der Waals surface area (Å²) in [6.07, 6.45) is 5.19. The van der Waals surface area contributed by atoms with Crippen LogP contribution in [0, 0.1) is 11.3 Å². The largest absolute Gasteiger partial charge is 0.462 e. The molecule has 1 aliphatic carbocycles. The first-order valence-corrected chi connectivity index (χ1v) is 5.76. The summed E-state index contributed by atoms with van der Waals surface area (Å²) in [5.74, 6) is 0.441. The van der Waals surface area contributed by atoms with Crippen LogP contribution in [0.4, 0.5) is 0 Å². The fourth-order valence-electron chi connectivity index (χ4n) is 2.20. The van der Waals surface area contributed by atoms with Gasteiger partial charge >= 0.3 is 5.97 Å². The molecule has 0 radical (unpaired) electrons. The summed E-state index contributed by atoms with van der Waals surface area (Å²) in [6.45, 7) is 10.2. The van der Waals surface area contributed by atoms with E-state index < -0.39 is 0 Å². The van der Waals surface area contributed by atoms with Crippen molar-refractivity contribution in [1.82, 2.24) is 0 Å². The van der Waals surface area contributed by atoms with Gasteiger partial charge in [0.1, 0.15) is 0 Å². The quantitative estimate of drug-likeness (QED) is 0.525. The van der Waals surface area contributed by atoms with E-state index in [0.29, 0.717) is 18.1 Å². The van der Waals surface area contributed by atoms with Gasteiger partial charge in [0.05, 0.1) is 6.61 Å². The molecular formula is C13H22O2. The van der Waals surface area contributed by atoms with Gasteiger partial charge in [0.2, 0.25) is 0 Å². The van der Waals surface area contributed by atoms with Crippen molar-refractivity contribution in [2.75, 3.05) is 6.61 Å². The van der Waals surface area contributed by atoms with Crippen molar-refractivity contribution in [2.45, 2.75) is 46.5 Å². The molecule has 15 heavy (non-hydrogen) atoms. The summed E-state index contributed by atoms with van der Waals surface area (Å²) in [4.78, 5) is 11.3. The number of carbonyl (C=O) groups is 1. The highest BCUT2D eigenvalue weighted by Crippen LogP contribution is 2.39. The maximum Gasteiger partial charge on any atom is 0.333 e. The zero-order chi connectivity index (χ0) is 11.5. The van der Waals surface area contributed by atoms with Crippen molar-refractivity contribution in [3.05, 3.63) is 12.2 Å². The summed E-state index contributed by atoms with van der Waals surface area (Å²) in [5.41, 5.74) is 0.596. The Morgan fingerprint density at radius 3 is 2.40 bits per heavy atom. The number of esters is 1. The number of rotatable bonds is 4. The molecule has 0 N–H and O–H groups in total. The van der Waals surface area contributed by atoms with Crippen LogP contribution < -0.4 is 0 Å². The van der Waals surface area contributed by atoms with E-state index in [1.165, 1.54) is 25.7 Å². The minimum absolute atomic E-state index is 0.113. The molecule has 1 fully saturated rings. The second kappa shape index (κ2) is 4.82. The van der Waals surface area contributed by atoms with Crippen LogP contribution in [-0.4, -0.2) is 12.6 Å². The van der Waals surface area contributed by atoms with Crippen molar-refractivity contribution in [3.63, 3.8) is 0 Å². The molecule has 0 spiro atoms. The van der Waals surface area contributed by atoms with Crippen LogP contribution in [0.3, 0.4) is 0 Å². The second-order valence-corrected chi connectivity index (χ2v) is 5.33. The van der Waals surface area contributed by atoms with Crippen molar-refractivity contribution >= 4 is 5.97 Å². The standard InChI is InChI=1S/C13H22O2/c1-10(2)12(14)15-9-13(3,4)11-7-5-6-8-11/h11H,1,5-9H2,2-4H3. The van der Waals surface area contributed by atoms with E-state index in [1.54, 1.807) is 6.92 Å². The van der Waals surface area contributed by atoms with E-state index in [-0.39, 0.29) is 11.4 Å². The Hall–Kier alpha value is -0.790. The number of hydrogen-bond acceptors (Lipinski definition) is 2. The van der Waals surface area contributed by atoms with Gasteiger partial charge in [-0.05, 0) is 25.7 Å². The first-order chi connectivity index (χ1) is 6.93. The lowest BCUT2D eigenvalue weighted by atomic mass is 9.78. The Balaban J connectivity index is 2.41. The summed E-state index contributed by atoms with van der Waals surface area (Å²) in [5, 5.41) is 0. The Bertz CT molecular complexity index is 247. The van der Waals surface area contributed by atoms with Crippen LogP contribution in [0.1, 0.15) is 46.5 Å². The highest BCUT2D eigenvalue weighted by atomic mass is 16.5. The van der Waals surface area contributed by atoms with Crippen LogP contribution in [0.25, 0.3) is 0 Å². The fraction of sp³-hybridized carbons (Fsp3) is 0.769. The highest BCUT2D eigenvalue weighted by molar-refractivity contribution is 5.86. The average Bonchev–Trinajstić information content (AvgIpc) is 2.67. The zero-order valence-corrected chi connectivity index (χ0v) is 10.1. The van der Waals surface area contributed by atoms with Crippen molar-refractivity contribution in [1.29, 1.82) is 0 Å². The van der Waals surface area contributed by atoms with Gasteiger partial charge in [0.15, 0.2) is 0 Å². The molecular weight excluding hydrogens is 188 g/mol. The third kappa shape index (κ3) is 3.37. The minimum Gasteiger partial charge on any atom is -0.462 e. The predicted octanol–water partition coefficient (Wildman–Crippen LogP) is 3.32. The predicted molar refractivity (Wildman–Crippen MR) is 61.5 cm³/mol. The molecule has 0 aromatic heterocycles. The van der Waals surface area contributed by atoms with E-state index in [9.17, 15) is 4.79 Å². The third-order valence-corrected chi connectivity index (χ3v) is 3.38. The van der Waals surface area contributed by atoms with Gasteiger partial charge in [-0.25, -0.2) is 4.79 Å². The van der Waals surface area contributed by atoms with E-state index >= 15 is 0 Å². The van der Waals surface area contributed by atoms with Crippen LogP contribution in [0.2, 0.25) is 0 Å². The maximum atomic E-state index is 11.3. The van der Waals surface area contributed by atoms with Crippen LogP contribution in [0.15, 0.2) is 12.2 Å². The summed E-state index contributed by atoms with van der Waals surface area (Å²) >= 11 is 0. The molecule has 0 aromatic carbocycles. The molecule has 0 aliphatic heterocycles. The molecule has 86 valence electrons. The molecule has 0 bridgehead atoms. The number of ether oxygens (including phenoxy) is 1. The lowest BCUT2D eigenvalue weighted by Crippen LogP contribution is -2.29. The summed E-state index contributed by atoms with van der Waals surface area (Å²) < 4.78 is 5.24. The Kier molecular flexibility index (Phi) is 3.95. The molecule has 0 heterocycles. The molecule has 0 aromatic rings. The normalized spacial score (nSPS) is 17.8. The molecule has 0 saturated heterocycles. The van der Waals surface area contributed by atoms with Gasteiger partial charge in [-0.15, -0.1) is 0 Å². The van der Waals surface area contributed by atoms with Gasteiger partial charge in [0.25, 0.3) is 0 Å². The second-order valence-electron chi connectivity index (χ2n) is 5.33. The van der Waals surface area contributed by atoms with E-state index in [1.807, 2.05) is 0 Å². The number of carbonyl (C=O) groups excluding carboxylic acids is 1. The van der Waals surface area contributed by atoms with E-state index in [0.717, 1.165) is 0 Å². The lowest BCUT2D eigenvalue weighted by molar-refractivity contribution is -0.143. The maximum absolute atomic E-state index is 11.3. The van der Waals surface area contributed by atoms with Gasteiger partial charge in [-0.2, -0.15) is 0 Å². The summed E-state index contributed by atoms with van der Waals surface area (Å²) in [6, 6.07) is 0. The van der Waals surface area contributed by atoms with Crippen molar-refractivity contribution in [3.8, 4) is 0 Å². The van der Waals surface area contributed by atoms with Gasteiger partial charge in [0, 0.05) is 11.0 Å². The number of hydrogen-bond donors (Lipinski definition) is 0. The smallest absolute Gasteiger partial charge is 0.333 e. The van der Waals surface area contributed by atoms with Crippen LogP contribution in [-0.2, 0) is 9.53 Å². The molecule has 1 aliphatic rings. The lowest BCUT2D eigenvalue weighted by Gasteiger charge is -2.30. The van der Waals surface area contributed by atoms with Crippen LogP contribution >= 0.6 is 0 Å². The Morgan fingerprint density at radius 2 is 1.93 bits per heavy atom. The molecule has 0 atom stereocenters. The van der Waals surface area contributed by atoms with E-state index in [4.69, 9.17) is 4.74 Å². The van der Waals surface area contributed by atoms with Crippen molar-refractivity contribution in [2.24, 2.45) is 11.3 Å². The topological polar surface area (TPSA) is 26.3 Å². The summed E-state index contributed by atoms with van der Waals surface area (Å²) in [7, 11) is 0. The van der Waals surface area contributed by atoms with Crippen LogP contribution in [0.5, 0.6) is 0 Å². The monoisotopic (exact) mass is 210 g/mol. The Labute approximate surface area is 92.7 Å². The SMILES string of the molecule is C=C(C)C(=O)OCC(C)(C)C1CCCC1. The van der Waals surface area contributed by atoms with Gasteiger partial charge < -0.3 is 4.74 Å². The molecule has 2 nitrogen and oxygen atoms in total. The Morgan fingerprint density at radius 1 is 1.40 bits per heavy atom. The highest BCUT2D eigenvalue weighted by Gasteiger charge is 2.32. The fourth-order valence-corrected chi connectivity index (χ4v) is 2.20.